The van der Waals surface area contributed by atoms with Crippen LogP contribution < -0.4 is 5.32 Å². The maximum atomic E-state index is 12.8. The van der Waals surface area contributed by atoms with Gasteiger partial charge in [0.1, 0.15) is 0 Å². The summed E-state index contributed by atoms with van der Waals surface area (Å²) >= 11 is 0. The van der Waals surface area contributed by atoms with Crippen molar-refractivity contribution < 1.29 is 14.7 Å². The van der Waals surface area contributed by atoms with Crippen LogP contribution in [0.5, 0.6) is 0 Å². The van der Waals surface area contributed by atoms with E-state index in [0.29, 0.717) is 31.6 Å². The molecule has 0 fully saturated rings. The summed E-state index contributed by atoms with van der Waals surface area (Å²) < 4.78 is 0. The van der Waals surface area contributed by atoms with E-state index in [-0.39, 0.29) is 5.91 Å². The van der Waals surface area contributed by atoms with Gasteiger partial charge < -0.3 is 10.0 Å². The quantitative estimate of drug-likeness (QED) is 0.103. The molecule has 0 spiro atoms. The van der Waals surface area contributed by atoms with Crippen LogP contribution in [0, 0.1) is 0 Å². The van der Waals surface area contributed by atoms with Gasteiger partial charge in [-0.25, -0.2) is 4.79 Å². The Kier molecular flexibility index (Phi) is 8.44. The molecule has 37 heavy (non-hydrogen) atoms. The average molecular weight is 498 g/mol. The van der Waals surface area contributed by atoms with E-state index in [9.17, 15) is 9.59 Å². The van der Waals surface area contributed by atoms with Gasteiger partial charge in [-0.1, -0.05) is 60.1 Å². The summed E-state index contributed by atoms with van der Waals surface area (Å²) in [5.74, 6) is 0.0996. The first kappa shape index (κ1) is 25.8. The molecule has 8 nitrogen and oxygen atoms in total. The Morgan fingerprint density at radius 3 is 2.57 bits per heavy atom. The summed E-state index contributed by atoms with van der Waals surface area (Å²) in [5, 5.41) is 14.9. The van der Waals surface area contributed by atoms with Gasteiger partial charge in [0.05, 0.1) is 0 Å². The van der Waals surface area contributed by atoms with Gasteiger partial charge in [-0.15, -0.1) is 0 Å². The smallest absolute Gasteiger partial charge is 0.409 e. The number of nitrogens with one attached hydrogen (secondary N) is 1. The molecule has 4 rings (SSSR count). The van der Waals surface area contributed by atoms with Crippen LogP contribution in [0.4, 0.5) is 10.5 Å². The second kappa shape index (κ2) is 12.1. The van der Waals surface area contributed by atoms with E-state index in [0.717, 1.165) is 36.8 Å². The molecule has 2 N–H and O–H groups in total. The molecule has 8 heteroatoms. The fraction of sp³-hybridized carbons (Fsp3) is 0.310. The summed E-state index contributed by atoms with van der Waals surface area (Å²) in [6.45, 7) is 0.990. The normalized spacial score (nSPS) is 11.3. The first-order chi connectivity index (χ1) is 18.0. The predicted octanol–water partition coefficient (Wildman–Crippen LogP) is 6.77. The Bertz CT molecular complexity index is 1330. The molecular weight excluding hydrogens is 466 g/mol. The van der Waals surface area contributed by atoms with Crippen LogP contribution in [0.25, 0.3) is 21.6 Å². The van der Waals surface area contributed by atoms with Gasteiger partial charge in [-0.3, -0.25) is 10.1 Å². The van der Waals surface area contributed by atoms with Crippen molar-refractivity contribution in [3.8, 4) is 11.1 Å². The minimum Gasteiger partial charge on any atom is -0.465 e. The zero-order valence-electron chi connectivity index (χ0n) is 21.0. The number of fused-ring (bicyclic) bond motifs is 3. The summed E-state index contributed by atoms with van der Waals surface area (Å²) in [5.41, 5.74) is 17.4. The summed E-state index contributed by atoms with van der Waals surface area (Å²) in [6, 6.07) is 20.2. The summed E-state index contributed by atoms with van der Waals surface area (Å²) in [7, 11) is 1.85. The highest BCUT2D eigenvalue weighted by Gasteiger charge is 2.24. The van der Waals surface area contributed by atoms with E-state index < -0.39 is 6.09 Å². The first-order valence-electron chi connectivity index (χ1n) is 12.5. The molecule has 1 aliphatic carbocycles. The molecule has 3 aromatic carbocycles. The average Bonchev–Trinajstić information content (AvgIpc) is 3.27. The van der Waals surface area contributed by atoms with Crippen molar-refractivity contribution in [1.82, 2.24) is 4.90 Å². The van der Waals surface area contributed by atoms with Crippen LogP contribution in [0.2, 0.25) is 0 Å². The summed E-state index contributed by atoms with van der Waals surface area (Å²) in [6.07, 6.45) is 3.35. The lowest BCUT2D eigenvalue weighted by Gasteiger charge is -2.22. The molecule has 0 radical (unpaired) electrons. The number of hydrogen-bond donors (Lipinski definition) is 2. The Balaban J connectivity index is 1.54. The number of carbonyl (C=O) groups excluding carboxylic acids is 1. The van der Waals surface area contributed by atoms with Crippen molar-refractivity contribution in [2.24, 2.45) is 5.11 Å². The van der Waals surface area contributed by atoms with Gasteiger partial charge in [0.15, 0.2) is 0 Å². The SMILES string of the molecule is CN(Cc1ccc2c(c1Cc1ccc(NC(=O)O)cc1)Cc1ccccc1-2)C(=O)CCCCCN=[N+]=[N-]. The van der Waals surface area contributed by atoms with Crippen LogP contribution in [-0.2, 0) is 24.2 Å². The molecule has 0 saturated heterocycles. The third-order valence-corrected chi connectivity index (χ3v) is 6.83. The van der Waals surface area contributed by atoms with E-state index in [2.05, 4.69) is 51.7 Å². The third-order valence-electron chi connectivity index (χ3n) is 6.83. The Hall–Kier alpha value is -4.29. The number of rotatable bonds is 11. The van der Waals surface area contributed by atoms with E-state index >= 15 is 0 Å². The van der Waals surface area contributed by atoms with Crippen molar-refractivity contribution in [2.75, 3.05) is 18.9 Å². The molecule has 190 valence electrons. The molecule has 0 bridgehead atoms. The fourth-order valence-electron chi connectivity index (χ4n) is 4.94. The van der Waals surface area contributed by atoms with Crippen LogP contribution in [-0.4, -0.2) is 35.6 Å². The van der Waals surface area contributed by atoms with Gasteiger partial charge in [0.2, 0.25) is 5.91 Å². The molecule has 2 amide bonds. The highest BCUT2D eigenvalue weighted by Crippen LogP contribution is 2.40. The van der Waals surface area contributed by atoms with Crippen LogP contribution in [0.1, 0.15) is 53.5 Å². The lowest BCUT2D eigenvalue weighted by Crippen LogP contribution is -2.26. The van der Waals surface area contributed by atoms with Crippen molar-refractivity contribution in [2.45, 2.75) is 45.1 Å². The molecule has 0 atom stereocenters. The fourth-order valence-corrected chi connectivity index (χ4v) is 4.94. The third kappa shape index (κ3) is 6.48. The van der Waals surface area contributed by atoms with Crippen LogP contribution in [0.15, 0.2) is 65.8 Å². The maximum absolute atomic E-state index is 12.8. The Labute approximate surface area is 216 Å². The predicted molar refractivity (Wildman–Crippen MR) is 145 cm³/mol. The number of anilines is 1. The monoisotopic (exact) mass is 497 g/mol. The van der Waals surface area contributed by atoms with Crippen molar-refractivity contribution in [1.29, 1.82) is 0 Å². The molecule has 3 aromatic rings. The van der Waals surface area contributed by atoms with E-state index in [1.807, 2.05) is 19.2 Å². The number of unbranched alkanes of at least 4 members (excludes halogenated alkanes) is 2. The Morgan fingerprint density at radius 2 is 1.81 bits per heavy atom. The zero-order chi connectivity index (χ0) is 26.2. The molecule has 0 aliphatic heterocycles. The van der Waals surface area contributed by atoms with Crippen LogP contribution in [0.3, 0.4) is 0 Å². The van der Waals surface area contributed by atoms with Crippen molar-refractivity contribution in [3.05, 3.63) is 98.9 Å². The Morgan fingerprint density at radius 1 is 1.03 bits per heavy atom. The number of hydrogen-bond acceptors (Lipinski definition) is 3. The number of azide groups is 1. The standard InChI is InChI=1S/C29H31N5O3/c1-34(28(35)9-3-2-6-16-31-33-30)19-22-12-15-25-24-8-5-4-7-21(24)18-27(25)26(22)17-20-10-13-23(14-11-20)32-29(36)37/h4-5,7-8,10-15,32H,2-3,6,9,16-19H2,1H3,(H,36,37). The zero-order valence-corrected chi connectivity index (χ0v) is 21.0. The maximum Gasteiger partial charge on any atom is 0.409 e. The van der Waals surface area contributed by atoms with E-state index in [1.54, 1.807) is 17.0 Å². The molecule has 1 aliphatic rings. The topological polar surface area (TPSA) is 118 Å². The largest absolute Gasteiger partial charge is 0.465 e. The minimum absolute atomic E-state index is 0.0996. The number of benzene rings is 3. The summed E-state index contributed by atoms with van der Waals surface area (Å²) in [4.78, 5) is 28.3. The minimum atomic E-state index is -1.09. The van der Waals surface area contributed by atoms with Crippen LogP contribution >= 0.6 is 0 Å². The van der Waals surface area contributed by atoms with Gasteiger partial charge in [-0.2, -0.15) is 0 Å². The van der Waals surface area contributed by atoms with Gasteiger partial charge in [0, 0.05) is 37.2 Å². The first-order valence-corrected chi connectivity index (χ1v) is 12.5. The van der Waals surface area contributed by atoms with Gasteiger partial charge in [-0.05, 0) is 82.3 Å². The second-order valence-electron chi connectivity index (χ2n) is 9.38. The number of carboxylic acid groups (broad SMARTS) is 1. The molecular formula is C29H31N5O3. The number of carbonyl (C=O) groups is 2. The molecule has 0 saturated carbocycles. The van der Waals surface area contributed by atoms with E-state index in [4.69, 9.17) is 10.6 Å². The second-order valence-corrected chi connectivity index (χ2v) is 9.38. The number of nitrogens with zero attached hydrogens (tertiary/aromatic N) is 4. The van der Waals surface area contributed by atoms with Gasteiger partial charge in [0.25, 0.3) is 0 Å². The number of amides is 2. The molecule has 0 unspecified atom stereocenters. The highest BCUT2D eigenvalue weighted by atomic mass is 16.4. The van der Waals surface area contributed by atoms with Crippen molar-refractivity contribution in [3.63, 3.8) is 0 Å². The van der Waals surface area contributed by atoms with Gasteiger partial charge >= 0.3 is 6.09 Å². The highest BCUT2D eigenvalue weighted by molar-refractivity contribution is 5.83. The lowest BCUT2D eigenvalue weighted by molar-refractivity contribution is -0.130. The molecule has 0 heterocycles. The van der Waals surface area contributed by atoms with E-state index in [1.165, 1.54) is 27.8 Å². The lowest BCUT2D eigenvalue weighted by atomic mass is 9.91. The molecule has 0 aromatic heterocycles. The van der Waals surface area contributed by atoms with Crippen molar-refractivity contribution >= 4 is 17.7 Å².